The Balaban J connectivity index is 2.19. The summed E-state index contributed by atoms with van der Waals surface area (Å²) >= 11 is 2.17. The van der Waals surface area contributed by atoms with Crippen molar-refractivity contribution in [1.29, 1.82) is 0 Å². The molecule has 2 rings (SSSR count). The van der Waals surface area contributed by atoms with E-state index in [4.69, 9.17) is 5.11 Å². The highest BCUT2D eigenvalue weighted by Crippen LogP contribution is 2.19. The first-order valence-electron chi connectivity index (χ1n) is 4.66. The van der Waals surface area contributed by atoms with Gasteiger partial charge in [0.05, 0.1) is 0 Å². The highest BCUT2D eigenvalue weighted by molar-refractivity contribution is 14.1. The van der Waals surface area contributed by atoms with Crippen LogP contribution in [0.4, 0.5) is 4.79 Å². The minimum absolute atomic E-state index is 0.441. The van der Waals surface area contributed by atoms with Gasteiger partial charge in [0.25, 0.3) is 5.91 Å². The van der Waals surface area contributed by atoms with Gasteiger partial charge in [-0.3, -0.25) is 10.1 Å². The zero-order chi connectivity index (χ0) is 11.7. The van der Waals surface area contributed by atoms with Crippen LogP contribution in [0.2, 0.25) is 0 Å². The largest absolute Gasteiger partial charge is 0.438 e. The number of benzene rings is 1. The molecule has 0 saturated carbocycles. The number of hydrogen-bond donors (Lipinski definition) is 2. The molecule has 1 aromatic rings. The summed E-state index contributed by atoms with van der Waals surface area (Å²) in [7, 11) is 0. The summed E-state index contributed by atoms with van der Waals surface area (Å²) in [5.41, 5.74) is 0.711. The van der Waals surface area contributed by atoms with Crippen molar-refractivity contribution in [2.75, 3.05) is 0 Å². The number of halogens is 1. The molecular formula is C10H10IN2O3+. The molecule has 1 heterocycles. The molecule has 6 heteroatoms. The zero-order valence-electron chi connectivity index (χ0n) is 8.16. The van der Waals surface area contributed by atoms with E-state index in [1.165, 1.54) is 0 Å². The SMILES string of the molecule is O=C1NC(=O)C(C([OH2+])c2ccc(I)cc2)N1. The summed E-state index contributed by atoms with van der Waals surface area (Å²) in [5, 5.41) is 12.5. The highest BCUT2D eigenvalue weighted by atomic mass is 127. The van der Waals surface area contributed by atoms with Gasteiger partial charge < -0.3 is 10.4 Å². The van der Waals surface area contributed by atoms with Gasteiger partial charge in [0.2, 0.25) is 6.10 Å². The first-order chi connectivity index (χ1) is 7.58. The molecule has 1 aromatic carbocycles. The highest BCUT2D eigenvalue weighted by Gasteiger charge is 2.39. The van der Waals surface area contributed by atoms with Crippen LogP contribution in [0, 0.1) is 3.57 Å². The van der Waals surface area contributed by atoms with Crippen molar-refractivity contribution in [3.05, 3.63) is 33.4 Å². The maximum atomic E-state index is 11.4. The van der Waals surface area contributed by atoms with E-state index in [2.05, 4.69) is 33.2 Å². The topological polar surface area (TPSA) is 81.1 Å². The first kappa shape index (κ1) is 11.3. The lowest BCUT2D eigenvalue weighted by Gasteiger charge is -2.11. The van der Waals surface area contributed by atoms with Crippen LogP contribution in [0.5, 0.6) is 0 Å². The number of amides is 3. The van der Waals surface area contributed by atoms with E-state index in [-0.39, 0.29) is 0 Å². The van der Waals surface area contributed by atoms with Gasteiger partial charge in [-0.2, -0.15) is 0 Å². The maximum absolute atomic E-state index is 11.4. The standard InChI is InChI=1S/C10H9IN2O3/c11-6-3-1-5(2-4-6)8(14)7-9(15)13-10(16)12-7/h1-4,7-8,14H,(H2,12,13,15,16)/p+1. The van der Waals surface area contributed by atoms with Crippen LogP contribution in [0.25, 0.3) is 0 Å². The number of imide groups is 1. The lowest BCUT2D eigenvalue weighted by Crippen LogP contribution is -2.35. The third kappa shape index (κ3) is 2.17. The molecule has 2 atom stereocenters. The van der Waals surface area contributed by atoms with Crippen molar-refractivity contribution < 1.29 is 14.7 Å². The van der Waals surface area contributed by atoms with Crippen molar-refractivity contribution in [3.63, 3.8) is 0 Å². The van der Waals surface area contributed by atoms with Crippen LogP contribution >= 0.6 is 22.6 Å². The quantitative estimate of drug-likeness (QED) is 0.463. The summed E-state index contributed by atoms with van der Waals surface area (Å²) in [5.74, 6) is -0.441. The Morgan fingerprint density at radius 2 is 1.88 bits per heavy atom. The van der Waals surface area contributed by atoms with Crippen molar-refractivity contribution >= 4 is 34.5 Å². The van der Waals surface area contributed by atoms with Gasteiger partial charge in [0.15, 0.2) is 6.04 Å². The van der Waals surface area contributed by atoms with E-state index in [9.17, 15) is 9.59 Å². The van der Waals surface area contributed by atoms with E-state index < -0.39 is 24.1 Å². The predicted octanol–water partition coefficient (Wildman–Crippen LogP) is 0.265. The fraction of sp³-hybridized carbons (Fsp3) is 0.200. The molecular weight excluding hydrogens is 323 g/mol. The van der Waals surface area contributed by atoms with E-state index in [1.54, 1.807) is 12.1 Å². The van der Waals surface area contributed by atoms with E-state index in [0.29, 0.717) is 5.56 Å². The molecule has 16 heavy (non-hydrogen) atoms. The van der Waals surface area contributed by atoms with Gasteiger partial charge in [-0.1, -0.05) is 0 Å². The maximum Gasteiger partial charge on any atom is 0.322 e. The smallest absolute Gasteiger partial charge is 0.322 e. The van der Waals surface area contributed by atoms with Gasteiger partial charge in [0.1, 0.15) is 0 Å². The summed E-state index contributed by atoms with van der Waals surface area (Å²) in [6, 6.07) is 5.98. The molecule has 0 bridgehead atoms. The Morgan fingerprint density at radius 3 is 2.38 bits per heavy atom. The van der Waals surface area contributed by atoms with E-state index >= 15 is 0 Å². The Morgan fingerprint density at radius 1 is 1.25 bits per heavy atom. The molecule has 1 saturated heterocycles. The molecule has 1 aliphatic rings. The molecule has 1 fully saturated rings. The second-order valence-corrected chi connectivity index (χ2v) is 4.72. The molecule has 84 valence electrons. The molecule has 0 radical (unpaired) electrons. The Bertz CT molecular complexity index is 432. The molecule has 0 aliphatic carbocycles. The van der Waals surface area contributed by atoms with Gasteiger partial charge >= 0.3 is 6.03 Å². The monoisotopic (exact) mass is 333 g/mol. The number of nitrogens with one attached hydrogen (secondary N) is 2. The van der Waals surface area contributed by atoms with Gasteiger partial charge in [-0.15, -0.1) is 0 Å². The lowest BCUT2D eigenvalue weighted by atomic mass is 10.0. The minimum atomic E-state index is -0.799. The second-order valence-electron chi connectivity index (χ2n) is 3.47. The Hall–Kier alpha value is -1.15. The van der Waals surface area contributed by atoms with Gasteiger partial charge in [-0.25, -0.2) is 4.79 Å². The number of carbonyl (C=O) groups excluding carboxylic acids is 2. The second kappa shape index (κ2) is 4.38. The number of carbonyl (C=O) groups is 2. The molecule has 0 aromatic heterocycles. The lowest BCUT2D eigenvalue weighted by molar-refractivity contribution is -0.122. The van der Waals surface area contributed by atoms with Crippen LogP contribution in [-0.2, 0) is 4.79 Å². The molecule has 1 aliphatic heterocycles. The van der Waals surface area contributed by atoms with Crippen molar-refractivity contribution in [2.45, 2.75) is 12.1 Å². The van der Waals surface area contributed by atoms with Crippen molar-refractivity contribution in [2.24, 2.45) is 0 Å². The van der Waals surface area contributed by atoms with E-state index in [1.807, 2.05) is 12.1 Å². The van der Waals surface area contributed by atoms with Gasteiger partial charge in [0, 0.05) is 9.13 Å². The third-order valence-electron chi connectivity index (χ3n) is 2.37. The number of hydrogen-bond acceptors (Lipinski definition) is 2. The van der Waals surface area contributed by atoms with Crippen LogP contribution in [0.3, 0.4) is 0 Å². The normalized spacial score (nSPS) is 21.5. The Labute approximate surface area is 105 Å². The molecule has 5 nitrogen and oxygen atoms in total. The number of rotatable bonds is 2. The average Bonchev–Trinajstić information content (AvgIpc) is 2.58. The summed E-state index contributed by atoms with van der Waals surface area (Å²) in [6.07, 6.45) is -0.775. The molecule has 2 unspecified atom stereocenters. The Kier molecular flexibility index (Phi) is 3.10. The first-order valence-corrected chi connectivity index (χ1v) is 5.74. The van der Waals surface area contributed by atoms with Gasteiger partial charge in [-0.05, 0) is 46.9 Å². The summed E-state index contributed by atoms with van der Waals surface area (Å²) in [6.45, 7) is 0. The third-order valence-corrected chi connectivity index (χ3v) is 3.09. The summed E-state index contributed by atoms with van der Waals surface area (Å²) in [4.78, 5) is 22.3. The molecule has 0 spiro atoms. The van der Waals surface area contributed by atoms with Crippen LogP contribution < -0.4 is 10.6 Å². The minimum Gasteiger partial charge on any atom is -0.438 e. The fourth-order valence-corrected chi connectivity index (χ4v) is 1.89. The van der Waals surface area contributed by atoms with Crippen LogP contribution in [-0.4, -0.2) is 23.1 Å². The molecule has 3 amide bonds. The van der Waals surface area contributed by atoms with Crippen LogP contribution in [0.1, 0.15) is 11.7 Å². The van der Waals surface area contributed by atoms with Crippen LogP contribution in [0.15, 0.2) is 24.3 Å². The average molecular weight is 333 g/mol. The zero-order valence-corrected chi connectivity index (χ0v) is 10.3. The van der Waals surface area contributed by atoms with Crippen molar-refractivity contribution in [1.82, 2.24) is 10.6 Å². The van der Waals surface area contributed by atoms with E-state index in [0.717, 1.165) is 3.57 Å². The predicted molar refractivity (Wildman–Crippen MR) is 66.0 cm³/mol. The summed E-state index contributed by atoms with van der Waals surface area (Å²) < 4.78 is 1.06. The van der Waals surface area contributed by atoms with Crippen molar-refractivity contribution in [3.8, 4) is 0 Å². The molecule has 4 N–H and O–H groups in total. The fourth-order valence-electron chi connectivity index (χ4n) is 1.53. The number of urea groups is 1.